The number of carbonyl (C=O) groups is 1. The largest absolute Gasteiger partial charge is 0.351 e. The van der Waals surface area contributed by atoms with Crippen molar-refractivity contribution in [3.63, 3.8) is 0 Å². The van der Waals surface area contributed by atoms with E-state index in [0.717, 1.165) is 30.1 Å². The molecule has 2 atom stereocenters. The second-order valence-corrected chi connectivity index (χ2v) is 7.38. The van der Waals surface area contributed by atoms with Gasteiger partial charge in [-0.05, 0) is 61.7 Å². The van der Waals surface area contributed by atoms with E-state index in [1.54, 1.807) is 0 Å². The summed E-state index contributed by atoms with van der Waals surface area (Å²) >= 11 is 0. The van der Waals surface area contributed by atoms with Gasteiger partial charge in [0.2, 0.25) is 5.91 Å². The molecule has 108 valence electrons. The molecular formula is C16H28N2O. The van der Waals surface area contributed by atoms with E-state index in [4.69, 9.17) is 5.73 Å². The Bertz CT molecular complexity index is 327. The molecule has 0 aliphatic heterocycles. The standard InChI is InChI=1S/C16H28N2O/c1-3-9(2)14(17)16(19)18-15-12-5-10-4-11(7-12)8-13(15)6-10/h9-15H,3-8,17H2,1-2H3,(H,18,19)/t9?,10?,11?,12?,13?,14-,15?/m0/s1. The van der Waals surface area contributed by atoms with Crippen LogP contribution in [0, 0.1) is 29.6 Å². The predicted octanol–water partition coefficient (Wildman–Crippen LogP) is 2.30. The molecule has 4 rings (SSSR count). The quantitative estimate of drug-likeness (QED) is 0.818. The molecule has 4 fully saturated rings. The molecule has 0 aromatic carbocycles. The Kier molecular flexibility index (Phi) is 3.59. The van der Waals surface area contributed by atoms with E-state index in [2.05, 4.69) is 19.2 Å². The molecule has 0 spiro atoms. The SMILES string of the molecule is CCC(C)[C@H](N)C(=O)NC1C2CC3CC(C2)CC1C3. The van der Waals surface area contributed by atoms with Crippen LogP contribution in [0.3, 0.4) is 0 Å². The molecule has 0 aromatic heterocycles. The van der Waals surface area contributed by atoms with E-state index in [1.807, 2.05) is 0 Å². The van der Waals surface area contributed by atoms with Gasteiger partial charge in [-0.15, -0.1) is 0 Å². The second-order valence-electron chi connectivity index (χ2n) is 7.38. The number of hydrogen-bond donors (Lipinski definition) is 2. The Morgan fingerprint density at radius 2 is 1.68 bits per heavy atom. The van der Waals surface area contributed by atoms with Gasteiger partial charge in [0.1, 0.15) is 0 Å². The highest BCUT2D eigenvalue weighted by Gasteiger charge is 2.48. The average molecular weight is 264 g/mol. The molecule has 19 heavy (non-hydrogen) atoms. The van der Waals surface area contributed by atoms with Crippen molar-refractivity contribution in [3.05, 3.63) is 0 Å². The number of rotatable bonds is 4. The van der Waals surface area contributed by atoms with Crippen molar-refractivity contribution in [3.8, 4) is 0 Å². The maximum atomic E-state index is 12.3. The molecule has 4 aliphatic rings. The normalized spacial score (nSPS) is 43.0. The lowest BCUT2D eigenvalue weighted by molar-refractivity contribution is -0.127. The van der Waals surface area contributed by atoms with E-state index >= 15 is 0 Å². The van der Waals surface area contributed by atoms with Gasteiger partial charge in [0.15, 0.2) is 0 Å². The summed E-state index contributed by atoms with van der Waals surface area (Å²) < 4.78 is 0. The maximum Gasteiger partial charge on any atom is 0.237 e. The summed E-state index contributed by atoms with van der Waals surface area (Å²) in [7, 11) is 0. The van der Waals surface area contributed by atoms with Gasteiger partial charge < -0.3 is 11.1 Å². The number of nitrogens with two attached hydrogens (primary N) is 1. The molecule has 1 unspecified atom stereocenters. The van der Waals surface area contributed by atoms with Crippen LogP contribution in [0.25, 0.3) is 0 Å². The molecule has 0 aromatic rings. The fourth-order valence-electron chi connectivity index (χ4n) is 4.93. The fourth-order valence-corrected chi connectivity index (χ4v) is 4.93. The minimum atomic E-state index is -0.331. The van der Waals surface area contributed by atoms with Crippen molar-refractivity contribution in [2.45, 2.75) is 64.5 Å². The lowest BCUT2D eigenvalue weighted by atomic mass is 9.54. The van der Waals surface area contributed by atoms with Crippen molar-refractivity contribution in [1.82, 2.24) is 5.32 Å². The van der Waals surface area contributed by atoms with Crippen LogP contribution in [0.15, 0.2) is 0 Å². The molecule has 4 bridgehead atoms. The van der Waals surface area contributed by atoms with Crippen LogP contribution in [0.4, 0.5) is 0 Å². The molecule has 0 heterocycles. The summed E-state index contributed by atoms with van der Waals surface area (Å²) in [6, 6.07) is 0.0950. The predicted molar refractivity (Wildman–Crippen MR) is 76.4 cm³/mol. The van der Waals surface area contributed by atoms with Gasteiger partial charge in [0.05, 0.1) is 6.04 Å². The third kappa shape index (κ3) is 2.42. The van der Waals surface area contributed by atoms with Crippen molar-refractivity contribution < 1.29 is 4.79 Å². The van der Waals surface area contributed by atoms with Crippen molar-refractivity contribution in [1.29, 1.82) is 0 Å². The first kappa shape index (κ1) is 13.4. The number of nitrogens with one attached hydrogen (secondary N) is 1. The van der Waals surface area contributed by atoms with E-state index in [0.29, 0.717) is 6.04 Å². The molecule has 1 amide bonds. The van der Waals surface area contributed by atoms with E-state index in [1.165, 1.54) is 32.1 Å². The molecule has 4 saturated carbocycles. The molecular weight excluding hydrogens is 236 g/mol. The summed E-state index contributed by atoms with van der Waals surface area (Å²) in [6.45, 7) is 4.17. The lowest BCUT2D eigenvalue weighted by Crippen LogP contribution is -2.58. The zero-order valence-corrected chi connectivity index (χ0v) is 12.3. The second kappa shape index (κ2) is 5.08. The maximum absolute atomic E-state index is 12.3. The van der Waals surface area contributed by atoms with Gasteiger partial charge in [-0.2, -0.15) is 0 Å². The smallest absolute Gasteiger partial charge is 0.237 e. The van der Waals surface area contributed by atoms with Crippen molar-refractivity contribution >= 4 is 5.91 Å². The Hall–Kier alpha value is -0.570. The highest BCUT2D eigenvalue weighted by Crippen LogP contribution is 2.53. The van der Waals surface area contributed by atoms with E-state index < -0.39 is 0 Å². The van der Waals surface area contributed by atoms with Gasteiger partial charge in [-0.1, -0.05) is 20.3 Å². The van der Waals surface area contributed by atoms with Gasteiger partial charge in [0.25, 0.3) is 0 Å². The number of hydrogen-bond acceptors (Lipinski definition) is 2. The zero-order valence-electron chi connectivity index (χ0n) is 12.3. The minimum absolute atomic E-state index is 0.0897. The topological polar surface area (TPSA) is 55.1 Å². The average Bonchev–Trinajstić information content (AvgIpc) is 2.40. The monoisotopic (exact) mass is 264 g/mol. The van der Waals surface area contributed by atoms with Gasteiger partial charge in [-0.3, -0.25) is 4.79 Å². The highest BCUT2D eigenvalue weighted by atomic mass is 16.2. The Morgan fingerprint density at radius 3 is 2.16 bits per heavy atom. The first-order chi connectivity index (χ1) is 9.08. The molecule has 0 radical (unpaired) electrons. The third-order valence-electron chi connectivity index (χ3n) is 6.10. The third-order valence-corrected chi connectivity index (χ3v) is 6.10. The highest BCUT2D eigenvalue weighted by molar-refractivity contribution is 5.82. The van der Waals surface area contributed by atoms with Crippen LogP contribution in [0.5, 0.6) is 0 Å². The first-order valence-electron chi connectivity index (χ1n) is 8.14. The summed E-state index contributed by atoms with van der Waals surface area (Å²) in [4.78, 5) is 12.3. The van der Waals surface area contributed by atoms with Gasteiger partial charge >= 0.3 is 0 Å². The minimum Gasteiger partial charge on any atom is -0.351 e. The summed E-state index contributed by atoms with van der Waals surface area (Å²) in [5.41, 5.74) is 6.06. The van der Waals surface area contributed by atoms with Crippen LogP contribution < -0.4 is 11.1 Å². The number of amides is 1. The van der Waals surface area contributed by atoms with Gasteiger partial charge in [0, 0.05) is 6.04 Å². The van der Waals surface area contributed by atoms with Crippen LogP contribution in [-0.4, -0.2) is 18.0 Å². The molecule has 4 aliphatic carbocycles. The summed E-state index contributed by atoms with van der Waals surface area (Å²) in [6.07, 6.45) is 7.80. The van der Waals surface area contributed by atoms with Crippen molar-refractivity contribution in [2.75, 3.05) is 0 Å². The van der Waals surface area contributed by atoms with Crippen LogP contribution >= 0.6 is 0 Å². The lowest BCUT2D eigenvalue weighted by Gasteiger charge is -2.54. The molecule has 3 nitrogen and oxygen atoms in total. The summed E-state index contributed by atoms with van der Waals surface area (Å²) in [5, 5.41) is 3.31. The van der Waals surface area contributed by atoms with Crippen LogP contribution in [0.2, 0.25) is 0 Å². The summed E-state index contributed by atoms with van der Waals surface area (Å²) in [5.74, 6) is 3.76. The van der Waals surface area contributed by atoms with E-state index in [-0.39, 0.29) is 17.9 Å². The van der Waals surface area contributed by atoms with E-state index in [9.17, 15) is 4.79 Å². The molecule has 0 saturated heterocycles. The first-order valence-corrected chi connectivity index (χ1v) is 8.14. The Labute approximate surface area is 116 Å². The number of carbonyl (C=O) groups excluding carboxylic acids is 1. The molecule has 3 N–H and O–H groups in total. The fraction of sp³-hybridized carbons (Fsp3) is 0.938. The Morgan fingerprint density at radius 1 is 1.16 bits per heavy atom. The zero-order chi connectivity index (χ0) is 13.6. The van der Waals surface area contributed by atoms with Crippen LogP contribution in [0.1, 0.15) is 52.4 Å². The molecule has 3 heteroatoms. The Balaban J connectivity index is 1.62. The van der Waals surface area contributed by atoms with Crippen LogP contribution in [-0.2, 0) is 4.79 Å². The van der Waals surface area contributed by atoms with Gasteiger partial charge in [-0.25, -0.2) is 0 Å². The van der Waals surface area contributed by atoms with Crippen molar-refractivity contribution in [2.24, 2.45) is 35.3 Å².